The predicted molar refractivity (Wildman–Crippen MR) is 183 cm³/mol. The third kappa shape index (κ3) is 6.80. The highest BCUT2D eigenvalue weighted by molar-refractivity contribution is 7.87. The summed E-state index contributed by atoms with van der Waals surface area (Å²) in [5, 5.41) is 0.972. The van der Waals surface area contributed by atoms with Gasteiger partial charge in [-0.2, -0.15) is 12.7 Å². The van der Waals surface area contributed by atoms with E-state index in [0.29, 0.717) is 24.4 Å². The van der Waals surface area contributed by atoms with Crippen molar-refractivity contribution in [3.8, 4) is 17.0 Å². The van der Waals surface area contributed by atoms with Gasteiger partial charge in [0, 0.05) is 61.8 Å². The molecule has 1 fully saturated rings. The van der Waals surface area contributed by atoms with Crippen molar-refractivity contribution >= 4 is 44.9 Å². The maximum atomic E-state index is 14.1. The second-order valence-electron chi connectivity index (χ2n) is 12.5. The summed E-state index contributed by atoms with van der Waals surface area (Å²) >= 11 is 0. The molecule has 0 radical (unpaired) electrons. The highest BCUT2D eigenvalue weighted by Crippen LogP contribution is 2.47. The minimum Gasteiger partial charge on any atom is -0.497 e. The topological polar surface area (TPSA) is 121 Å². The summed E-state index contributed by atoms with van der Waals surface area (Å²) in [6.07, 6.45) is 7.33. The Balaban J connectivity index is 1.69. The van der Waals surface area contributed by atoms with Crippen LogP contribution in [0.3, 0.4) is 0 Å². The van der Waals surface area contributed by atoms with E-state index < -0.39 is 16.1 Å². The molecule has 2 heterocycles. The number of methoxy groups -OCH3 is 1. The maximum absolute atomic E-state index is 14.1. The molecule has 252 valence electrons. The van der Waals surface area contributed by atoms with Crippen molar-refractivity contribution in [2.45, 2.75) is 58.4 Å². The second-order valence-corrected chi connectivity index (χ2v) is 14.4. The van der Waals surface area contributed by atoms with E-state index in [9.17, 15) is 22.8 Å². The quantitative estimate of drug-likeness (QED) is 0.338. The molecule has 0 atom stereocenters. The van der Waals surface area contributed by atoms with Crippen molar-refractivity contribution < 1.29 is 27.5 Å². The van der Waals surface area contributed by atoms with Crippen LogP contribution in [0.25, 0.3) is 28.2 Å². The van der Waals surface area contributed by atoms with Crippen LogP contribution in [0.15, 0.2) is 42.0 Å². The monoisotopic (exact) mass is 663 g/mol. The van der Waals surface area contributed by atoms with E-state index in [0.717, 1.165) is 57.7 Å². The molecule has 1 aliphatic heterocycles. The fourth-order valence-corrected chi connectivity index (χ4v) is 7.31. The molecule has 12 heteroatoms. The van der Waals surface area contributed by atoms with Gasteiger partial charge in [0.2, 0.25) is 5.91 Å². The van der Waals surface area contributed by atoms with Gasteiger partial charge < -0.3 is 19.1 Å². The van der Waals surface area contributed by atoms with Crippen LogP contribution in [0.2, 0.25) is 0 Å². The molecule has 0 bridgehead atoms. The minimum atomic E-state index is -4.01. The Bertz CT molecular complexity index is 1830. The van der Waals surface area contributed by atoms with Gasteiger partial charge in [-0.3, -0.25) is 14.4 Å². The molecule has 3 aromatic rings. The summed E-state index contributed by atoms with van der Waals surface area (Å²) in [5.41, 5.74) is 5.31. The summed E-state index contributed by atoms with van der Waals surface area (Å²) in [4.78, 5) is 43.5. The number of amides is 3. The van der Waals surface area contributed by atoms with Gasteiger partial charge in [-0.1, -0.05) is 25.3 Å². The smallest absolute Gasteiger partial charge is 0.303 e. The molecule has 0 saturated heterocycles. The van der Waals surface area contributed by atoms with Crippen molar-refractivity contribution in [2.24, 2.45) is 0 Å². The zero-order valence-corrected chi connectivity index (χ0v) is 28.9. The maximum Gasteiger partial charge on any atom is 0.303 e. The van der Waals surface area contributed by atoms with E-state index in [1.54, 1.807) is 31.2 Å². The number of rotatable bonds is 10. The average Bonchev–Trinajstić information content (AvgIpc) is 3.27. The van der Waals surface area contributed by atoms with E-state index in [-0.39, 0.29) is 36.4 Å². The summed E-state index contributed by atoms with van der Waals surface area (Å²) in [5.74, 6) is -0.216. The van der Waals surface area contributed by atoms with Gasteiger partial charge in [0.15, 0.2) is 0 Å². The Kier molecular flexibility index (Phi) is 10.1. The molecular weight excluding hydrogens is 618 g/mol. The predicted octanol–water partition coefficient (Wildman–Crippen LogP) is 4.62. The second kappa shape index (κ2) is 13.9. The van der Waals surface area contributed by atoms with Crippen LogP contribution in [0.4, 0.5) is 0 Å². The molecule has 11 nitrogen and oxygen atoms in total. The van der Waals surface area contributed by atoms with E-state index in [1.807, 2.05) is 44.2 Å². The first-order valence-corrected chi connectivity index (χ1v) is 17.7. The van der Waals surface area contributed by atoms with Crippen LogP contribution in [0, 0.1) is 0 Å². The zero-order valence-electron chi connectivity index (χ0n) is 28.1. The van der Waals surface area contributed by atoms with Crippen molar-refractivity contribution in [1.82, 2.24) is 23.4 Å². The van der Waals surface area contributed by atoms with Crippen LogP contribution < -0.4 is 9.46 Å². The van der Waals surface area contributed by atoms with Gasteiger partial charge in [-0.05, 0) is 80.1 Å². The number of fused-ring (bicyclic) bond motifs is 5. The highest BCUT2D eigenvalue weighted by Gasteiger charge is 2.32. The van der Waals surface area contributed by atoms with E-state index >= 15 is 0 Å². The molecule has 5 rings (SSSR count). The molecule has 0 unspecified atom stereocenters. The van der Waals surface area contributed by atoms with Gasteiger partial charge >= 0.3 is 10.2 Å². The van der Waals surface area contributed by atoms with Crippen molar-refractivity contribution in [1.29, 1.82) is 0 Å². The molecule has 1 aromatic heterocycles. The van der Waals surface area contributed by atoms with Gasteiger partial charge in [-0.15, -0.1) is 0 Å². The van der Waals surface area contributed by atoms with E-state index in [4.69, 9.17) is 4.74 Å². The minimum absolute atomic E-state index is 0.0555. The fourth-order valence-electron chi connectivity index (χ4n) is 6.78. The van der Waals surface area contributed by atoms with Gasteiger partial charge in [-0.25, -0.2) is 4.72 Å². The Morgan fingerprint density at radius 3 is 2.32 bits per heavy atom. The first-order chi connectivity index (χ1) is 22.4. The molecule has 47 heavy (non-hydrogen) atoms. The highest BCUT2D eigenvalue weighted by atomic mass is 32.2. The molecule has 2 aliphatic rings. The molecule has 1 saturated carbocycles. The van der Waals surface area contributed by atoms with Crippen LogP contribution in [0.1, 0.15) is 73.4 Å². The number of hydrogen-bond acceptors (Lipinski definition) is 6. The van der Waals surface area contributed by atoms with E-state index in [2.05, 4.69) is 9.29 Å². The summed E-state index contributed by atoms with van der Waals surface area (Å²) in [6, 6.07) is 11.1. The molecular formula is C35H45N5O6S. The van der Waals surface area contributed by atoms with Crippen molar-refractivity contribution in [3.63, 3.8) is 0 Å². The summed E-state index contributed by atoms with van der Waals surface area (Å²) in [6.45, 7) is 5.07. The Morgan fingerprint density at radius 2 is 1.68 bits per heavy atom. The third-order valence-corrected chi connectivity index (χ3v) is 10.8. The number of nitrogens with one attached hydrogen (secondary N) is 1. The lowest BCUT2D eigenvalue weighted by atomic mass is 9.81. The number of benzene rings is 2. The van der Waals surface area contributed by atoms with Crippen LogP contribution in [0.5, 0.6) is 5.75 Å². The Hall–Kier alpha value is -4.16. The number of aromatic nitrogens is 1. The number of hydrogen-bond donors (Lipinski definition) is 1. The van der Waals surface area contributed by atoms with Gasteiger partial charge in [0.1, 0.15) is 5.75 Å². The lowest BCUT2D eigenvalue weighted by molar-refractivity contribution is -0.137. The zero-order chi connectivity index (χ0) is 34.0. The van der Waals surface area contributed by atoms with Gasteiger partial charge in [0.05, 0.1) is 25.9 Å². The number of likely N-dealkylation sites (N-methyl/N-ethyl adjacent to an activating group) is 2. The van der Waals surface area contributed by atoms with Crippen molar-refractivity contribution in [3.05, 3.63) is 58.7 Å². The average molecular weight is 664 g/mol. The molecule has 3 amide bonds. The summed E-state index contributed by atoms with van der Waals surface area (Å²) in [7, 11) is 1.94. The number of nitrogens with zero attached hydrogens (tertiary/aromatic N) is 4. The van der Waals surface area contributed by atoms with Gasteiger partial charge in [0.25, 0.3) is 11.8 Å². The molecule has 0 spiro atoms. The Morgan fingerprint density at radius 1 is 0.979 bits per heavy atom. The lowest BCUT2D eigenvalue weighted by Gasteiger charge is -2.24. The summed E-state index contributed by atoms with van der Waals surface area (Å²) < 4.78 is 35.7. The molecule has 2 aromatic carbocycles. The van der Waals surface area contributed by atoms with Crippen LogP contribution >= 0.6 is 0 Å². The molecule has 1 N–H and O–H groups in total. The number of carbonyl (C=O) groups is 3. The number of ether oxygens (including phenoxy) is 1. The standard InChI is InChI=1S/C35H45N5O6S/c1-7-39(8-2)31(41)22-38(5)35(43)26-18-25-19-27(46-6)15-17-28(25)33-32(23-12-10-9-11-13-23)29-16-14-24(20-30(29)40(33)21-26)34(42)36-47(44,45)37(3)4/h14-20,23H,7-13,21-22H2,1-6H3,(H,36,42). The molecule has 1 aliphatic carbocycles. The van der Waals surface area contributed by atoms with Crippen LogP contribution in [-0.4, -0.2) is 92.7 Å². The largest absolute Gasteiger partial charge is 0.497 e. The first-order valence-electron chi connectivity index (χ1n) is 16.2. The Labute approximate surface area is 277 Å². The van der Waals surface area contributed by atoms with E-state index in [1.165, 1.54) is 31.0 Å². The lowest BCUT2D eigenvalue weighted by Crippen LogP contribution is -2.41. The fraction of sp³-hybridized carbons (Fsp3) is 0.457. The first kappa shape index (κ1) is 34.2. The van der Waals surface area contributed by atoms with Crippen LogP contribution in [-0.2, 0) is 26.3 Å². The number of carbonyl (C=O) groups excluding carboxylic acids is 3. The normalized spacial score (nSPS) is 15.0. The third-order valence-electron chi connectivity index (χ3n) is 9.36. The SMILES string of the molecule is CCN(CC)C(=O)CN(C)C(=O)C1=Cc2cc(OC)ccc2-c2c(C3CCCCC3)c3ccc(C(=O)NS(=O)(=O)N(C)C)cc3n2C1. The van der Waals surface area contributed by atoms with Crippen molar-refractivity contribution in [2.75, 3.05) is 47.9 Å².